The van der Waals surface area contributed by atoms with Crippen molar-refractivity contribution < 1.29 is 14.0 Å². The Bertz CT molecular complexity index is 950. The van der Waals surface area contributed by atoms with Crippen LogP contribution >= 0.6 is 0 Å². The highest BCUT2D eigenvalue weighted by molar-refractivity contribution is 6.08. The Morgan fingerprint density at radius 1 is 1.11 bits per heavy atom. The van der Waals surface area contributed by atoms with Crippen molar-refractivity contribution in [3.8, 4) is 0 Å². The number of nitrogens with zero attached hydrogens (tertiary/aromatic N) is 1. The Morgan fingerprint density at radius 3 is 2.56 bits per heavy atom. The monoisotopic (exact) mass is 363 g/mol. The van der Waals surface area contributed by atoms with Crippen LogP contribution in [0.15, 0.2) is 52.3 Å². The molecule has 0 saturated heterocycles. The summed E-state index contributed by atoms with van der Waals surface area (Å²) in [6, 6.07) is 9.77. The van der Waals surface area contributed by atoms with Crippen LogP contribution < -0.4 is 4.90 Å². The zero-order valence-corrected chi connectivity index (χ0v) is 16.3. The zero-order valence-electron chi connectivity index (χ0n) is 16.3. The third-order valence-corrected chi connectivity index (χ3v) is 5.62. The Kier molecular flexibility index (Phi) is 4.10. The lowest BCUT2D eigenvalue weighted by Crippen LogP contribution is -2.44. The summed E-state index contributed by atoms with van der Waals surface area (Å²) in [6.07, 6.45) is 3.06. The minimum atomic E-state index is -0.284. The molecule has 2 heterocycles. The Hall–Kier alpha value is -2.62. The van der Waals surface area contributed by atoms with Crippen molar-refractivity contribution in [3.05, 3.63) is 64.8 Å². The maximum absolute atomic E-state index is 13.2. The van der Waals surface area contributed by atoms with E-state index in [1.54, 1.807) is 11.2 Å². The van der Waals surface area contributed by atoms with Crippen LogP contribution in [0.5, 0.6) is 0 Å². The van der Waals surface area contributed by atoms with Gasteiger partial charge in [-0.3, -0.25) is 14.5 Å². The van der Waals surface area contributed by atoms with Crippen molar-refractivity contribution in [2.45, 2.75) is 52.9 Å². The molecule has 4 rings (SSSR count). The van der Waals surface area contributed by atoms with E-state index in [2.05, 4.69) is 19.9 Å². The topological polar surface area (TPSA) is 50.5 Å². The van der Waals surface area contributed by atoms with E-state index < -0.39 is 0 Å². The molecule has 1 amide bonds. The van der Waals surface area contributed by atoms with Gasteiger partial charge in [0.2, 0.25) is 5.91 Å². The summed E-state index contributed by atoms with van der Waals surface area (Å²) in [5, 5.41) is 0. The molecule has 0 fully saturated rings. The van der Waals surface area contributed by atoms with Crippen molar-refractivity contribution in [2.75, 3.05) is 4.90 Å². The quantitative estimate of drug-likeness (QED) is 0.749. The van der Waals surface area contributed by atoms with Gasteiger partial charge in [-0.2, -0.15) is 0 Å². The summed E-state index contributed by atoms with van der Waals surface area (Å²) in [6.45, 7) is 8.25. The molecule has 1 aromatic heterocycles. The Balaban J connectivity index is 1.92. The maximum Gasteiger partial charge on any atom is 0.232 e. The van der Waals surface area contributed by atoms with Crippen LogP contribution in [0.1, 0.15) is 55.9 Å². The number of Topliss-reactive ketones (excluding diaryl/α,β-unsaturated/α-hetero) is 1. The van der Waals surface area contributed by atoms with Gasteiger partial charge in [-0.05, 0) is 49.4 Å². The predicted molar refractivity (Wildman–Crippen MR) is 105 cm³/mol. The summed E-state index contributed by atoms with van der Waals surface area (Å²) in [4.78, 5) is 28.2. The molecule has 0 saturated carbocycles. The van der Waals surface area contributed by atoms with Gasteiger partial charge >= 0.3 is 0 Å². The number of rotatable bonds is 2. The Labute approximate surface area is 159 Å². The number of hydrogen-bond acceptors (Lipinski definition) is 3. The van der Waals surface area contributed by atoms with E-state index in [0.717, 1.165) is 28.1 Å². The number of anilines is 1. The van der Waals surface area contributed by atoms with Crippen molar-refractivity contribution in [1.82, 2.24) is 0 Å². The van der Waals surface area contributed by atoms with Crippen molar-refractivity contribution in [1.29, 1.82) is 0 Å². The number of aryl methyl sites for hydroxylation is 2. The van der Waals surface area contributed by atoms with Gasteiger partial charge in [0, 0.05) is 24.1 Å². The fourth-order valence-corrected chi connectivity index (χ4v) is 4.48. The third kappa shape index (κ3) is 3.03. The lowest BCUT2D eigenvalue weighted by Gasteiger charge is -2.42. The molecule has 1 aromatic carbocycles. The summed E-state index contributed by atoms with van der Waals surface area (Å²) in [5.74, 6) is 0.565. The number of furan rings is 1. The molecule has 0 radical (unpaired) electrons. The van der Waals surface area contributed by atoms with Crippen LogP contribution in [-0.4, -0.2) is 11.7 Å². The van der Waals surface area contributed by atoms with Crippen LogP contribution in [0.2, 0.25) is 0 Å². The van der Waals surface area contributed by atoms with E-state index >= 15 is 0 Å². The van der Waals surface area contributed by atoms with Crippen LogP contribution in [0, 0.1) is 19.3 Å². The Morgan fingerprint density at radius 2 is 1.89 bits per heavy atom. The third-order valence-electron chi connectivity index (χ3n) is 5.62. The first-order chi connectivity index (χ1) is 12.8. The summed E-state index contributed by atoms with van der Waals surface area (Å²) >= 11 is 0. The molecule has 1 aliphatic carbocycles. The molecule has 2 aliphatic rings. The predicted octanol–water partition coefficient (Wildman–Crippen LogP) is 5.06. The first kappa shape index (κ1) is 17.8. The fraction of sp³-hybridized carbons (Fsp3) is 0.391. The lowest BCUT2D eigenvalue weighted by atomic mass is 9.70. The van der Waals surface area contributed by atoms with Crippen LogP contribution in [0.4, 0.5) is 5.69 Å². The van der Waals surface area contributed by atoms with Crippen LogP contribution in [0.3, 0.4) is 0 Å². The van der Waals surface area contributed by atoms with Gasteiger partial charge in [0.15, 0.2) is 5.78 Å². The van der Waals surface area contributed by atoms with E-state index in [0.29, 0.717) is 18.6 Å². The van der Waals surface area contributed by atoms with E-state index in [-0.39, 0.29) is 29.4 Å². The van der Waals surface area contributed by atoms with Crippen molar-refractivity contribution >= 4 is 17.4 Å². The molecule has 1 aliphatic heterocycles. The largest absolute Gasteiger partial charge is 0.469 e. The van der Waals surface area contributed by atoms with Gasteiger partial charge < -0.3 is 4.42 Å². The van der Waals surface area contributed by atoms with Crippen molar-refractivity contribution in [2.24, 2.45) is 5.41 Å². The molecular weight excluding hydrogens is 338 g/mol. The minimum Gasteiger partial charge on any atom is -0.469 e. The number of allylic oxidation sites excluding steroid dienone is 2. The van der Waals surface area contributed by atoms with E-state index in [1.165, 1.54) is 0 Å². The number of amides is 1. The second kappa shape index (κ2) is 6.22. The second-order valence-corrected chi connectivity index (χ2v) is 8.59. The molecule has 4 nitrogen and oxygen atoms in total. The standard InChI is InChI=1S/C23H25NO3/c1-14-7-8-17(15(2)10-14)24-18-12-23(3,4)13-19(25)22(18)16(11-21(24)26)20-6-5-9-27-20/h5-10,16H,11-13H2,1-4H3. The molecule has 1 atom stereocenters. The average molecular weight is 363 g/mol. The number of carbonyl (C=O) groups excluding carboxylic acids is 2. The van der Waals surface area contributed by atoms with Crippen LogP contribution in [-0.2, 0) is 9.59 Å². The SMILES string of the molecule is Cc1ccc(N2C(=O)CC(c3ccco3)C3=C2CC(C)(C)CC3=O)c(C)c1. The van der Waals surface area contributed by atoms with E-state index in [1.807, 2.05) is 38.1 Å². The summed E-state index contributed by atoms with van der Waals surface area (Å²) in [5.41, 5.74) is 4.51. The zero-order chi connectivity index (χ0) is 19.3. The molecule has 0 N–H and O–H groups in total. The average Bonchev–Trinajstić information content (AvgIpc) is 3.08. The fourth-order valence-electron chi connectivity index (χ4n) is 4.48. The van der Waals surface area contributed by atoms with Crippen molar-refractivity contribution in [3.63, 3.8) is 0 Å². The molecule has 0 spiro atoms. The number of hydrogen-bond donors (Lipinski definition) is 0. The molecule has 0 bridgehead atoms. The maximum atomic E-state index is 13.2. The molecule has 27 heavy (non-hydrogen) atoms. The number of benzene rings is 1. The number of ketones is 1. The lowest BCUT2D eigenvalue weighted by molar-refractivity contribution is -0.121. The molecule has 1 unspecified atom stereocenters. The van der Waals surface area contributed by atoms with E-state index in [9.17, 15) is 9.59 Å². The molecule has 140 valence electrons. The highest BCUT2D eigenvalue weighted by Gasteiger charge is 2.45. The minimum absolute atomic E-state index is 0.0209. The summed E-state index contributed by atoms with van der Waals surface area (Å²) < 4.78 is 5.59. The first-order valence-electron chi connectivity index (χ1n) is 9.47. The smallest absolute Gasteiger partial charge is 0.232 e. The molecule has 2 aromatic rings. The normalized spacial score (nSPS) is 22.2. The second-order valence-electron chi connectivity index (χ2n) is 8.59. The molecule has 4 heteroatoms. The van der Waals surface area contributed by atoms with Gasteiger partial charge in [-0.15, -0.1) is 0 Å². The summed E-state index contributed by atoms with van der Waals surface area (Å²) in [7, 11) is 0. The van der Waals surface area contributed by atoms with Gasteiger partial charge in [-0.25, -0.2) is 0 Å². The van der Waals surface area contributed by atoms with Gasteiger partial charge in [-0.1, -0.05) is 31.5 Å². The molecular formula is C23H25NO3. The highest BCUT2D eigenvalue weighted by Crippen LogP contribution is 2.48. The van der Waals surface area contributed by atoms with Gasteiger partial charge in [0.05, 0.1) is 17.9 Å². The van der Waals surface area contributed by atoms with Gasteiger partial charge in [0.1, 0.15) is 5.76 Å². The number of carbonyl (C=O) groups is 2. The van der Waals surface area contributed by atoms with E-state index in [4.69, 9.17) is 4.42 Å². The highest BCUT2D eigenvalue weighted by atomic mass is 16.3. The van der Waals surface area contributed by atoms with Gasteiger partial charge in [0.25, 0.3) is 0 Å². The first-order valence-corrected chi connectivity index (χ1v) is 9.47. The van der Waals surface area contributed by atoms with Crippen LogP contribution in [0.25, 0.3) is 0 Å².